The second-order valence-electron chi connectivity index (χ2n) is 4.23. The summed E-state index contributed by atoms with van der Waals surface area (Å²) >= 11 is 4.92. The minimum absolute atomic E-state index is 0.0428. The highest BCUT2D eigenvalue weighted by molar-refractivity contribution is 7.80. The number of nitrogens with zero attached hydrogens (tertiary/aromatic N) is 2. The highest BCUT2D eigenvalue weighted by Gasteiger charge is 2.30. The largest absolute Gasteiger partial charge is 0.388 e. The monoisotopic (exact) mass is 264 g/mol. The second-order valence-corrected chi connectivity index (χ2v) is 4.67. The van der Waals surface area contributed by atoms with Gasteiger partial charge in [0.25, 0.3) is 0 Å². The minimum Gasteiger partial charge on any atom is -0.388 e. The lowest BCUT2D eigenvalue weighted by Gasteiger charge is -2.25. The van der Waals surface area contributed by atoms with E-state index in [0.29, 0.717) is 5.69 Å². The summed E-state index contributed by atoms with van der Waals surface area (Å²) < 4.78 is 0. The van der Waals surface area contributed by atoms with Gasteiger partial charge in [0.2, 0.25) is 5.91 Å². The first kappa shape index (κ1) is 12.8. The number of anilines is 1. The molecule has 1 aromatic rings. The number of carbonyl (C=O) groups is 1. The Hall–Kier alpha value is -1.69. The van der Waals surface area contributed by atoms with Gasteiger partial charge in [-0.1, -0.05) is 12.2 Å². The zero-order chi connectivity index (χ0) is 13.1. The maximum atomic E-state index is 11.8. The van der Waals surface area contributed by atoms with Crippen LogP contribution in [0, 0.1) is 0 Å². The summed E-state index contributed by atoms with van der Waals surface area (Å²) in [6.45, 7) is 0.860. The van der Waals surface area contributed by atoms with Crippen molar-refractivity contribution in [3.63, 3.8) is 0 Å². The molecule has 2 heterocycles. The molecular weight excluding hydrogens is 248 g/mol. The predicted octanol–water partition coefficient (Wildman–Crippen LogP) is 0.431. The number of thiocarbonyl (C=S) groups is 1. The molecule has 1 atom stereocenters. The van der Waals surface area contributed by atoms with Gasteiger partial charge in [0.1, 0.15) is 11.0 Å². The van der Waals surface area contributed by atoms with Gasteiger partial charge < -0.3 is 16.0 Å². The number of amides is 1. The van der Waals surface area contributed by atoms with E-state index in [1.165, 1.54) is 0 Å². The summed E-state index contributed by atoms with van der Waals surface area (Å²) in [5, 5.41) is 2.70. The van der Waals surface area contributed by atoms with Gasteiger partial charge in [-0.3, -0.25) is 9.78 Å². The number of nitrogens with two attached hydrogens (primary N) is 1. The smallest absolute Gasteiger partial charge is 0.242 e. The number of nitrogens with one attached hydrogen (secondary N) is 1. The summed E-state index contributed by atoms with van der Waals surface area (Å²) in [6, 6.07) is 3.60. The molecule has 1 aliphatic rings. The molecule has 18 heavy (non-hydrogen) atoms. The third-order valence-corrected chi connectivity index (χ3v) is 3.34. The van der Waals surface area contributed by atoms with Crippen LogP contribution in [-0.2, 0) is 4.79 Å². The molecule has 0 spiro atoms. The van der Waals surface area contributed by atoms with Crippen molar-refractivity contribution in [1.29, 1.82) is 0 Å². The third-order valence-electron chi connectivity index (χ3n) is 3.13. The number of pyridine rings is 1. The molecule has 1 unspecified atom stereocenters. The zero-order valence-corrected chi connectivity index (χ0v) is 11.0. The molecule has 0 radical (unpaired) electrons. The fourth-order valence-electron chi connectivity index (χ4n) is 2.25. The quantitative estimate of drug-likeness (QED) is 0.775. The Morgan fingerprint density at radius 3 is 3.11 bits per heavy atom. The Bertz CT molecular complexity index is 477. The van der Waals surface area contributed by atoms with Crippen molar-refractivity contribution >= 4 is 28.8 Å². The molecule has 2 rings (SSSR count). The fourth-order valence-corrected chi connectivity index (χ4v) is 2.36. The van der Waals surface area contributed by atoms with Crippen LogP contribution in [-0.4, -0.2) is 35.5 Å². The Morgan fingerprint density at radius 1 is 1.67 bits per heavy atom. The average Bonchev–Trinajstić information content (AvgIpc) is 2.87. The number of hydrogen-bond acceptors (Lipinski definition) is 4. The third kappa shape index (κ3) is 2.43. The molecular formula is C12H16N4OS. The summed E-state index contributed by atoms with van der Waals surface area (Å²) in [5.74, 6) is 0.0428. The van der Waals surface area contributed by atoms with Gasteiger partial charge in [-0.25, -0.2) is 0 Å². The van der Waals surface area contributed by atoms with Crippen LogP contribution in [0.25, 0.3) is 0 Å². The van der Waals surface area contributed by atoms with Gasteiger partial charge in [-0.15, -0.1) is 0 Å². The van der Waals surface area contributed by atoms with E-state index in [1.807, 2.05) is 12.1 Å². The van der Waals surface area contributed by atoms with Crippen LogP contribution in [0.1, 0.15) is 18.5 Å². The van der Waals surface area contributed by atoms with Crippen molar-refractivity contribution in [1.82, 2.24) is 10.3 Å². The lowest BCUT2D eigenvalue weighted by molar-refractivity contribution is -0.121. The highest BCUT2D eigenvalue weighted by atomic mass is 32.1. The lowest BCUT2D eigenvalue weighted by Crippen LogP contribution is -2.42. The van der Waals surface area contributed by atoms with Gasteiger partial charge in [-0.2, -0.15) is 0 Å². The first-order chi connectivity index (χ1) is 8.63. The van der Waals surface area contributed by atoms with Gasteiger partial charge in [0.15, 0.2) is 0 Å². The molecule has 1 aromatic heterocycles. The van der Waals surface area contributed by atoms with Crippen molar-refractivity contribution < 1.29 is 4.79 Å². The van der Waals surface area contributed by atoms with Crippen molar-refractivity contribution in [2.45, 2.75) is 18.9 Å². The molecule has 1 amide bonds. The van der Waals surface area contributed by atoms with Gasteiger partial charge in [0, 0.05) is 25.5 Å². The second kappa shape index (κ2) is 5.30. The topological polar surface area (TPSA) is 71.2 Å². The van der Waals surface area contributed by atoms with Crippen molar-refractivity contribution in [2.24, 2.45) is 5.73 Å². The van der Waals surface area contributed by atoms with Crippen LogP contribution >= 0.6 is 12.2 Å². The SMILES string of the molecule is CNC(=O)C1CCCN1c1ccnc(C(N)=S)c1. The Balaban J connectivity index is 2.27. The van der Waals surface area contributed by atoms with Crippen LogP contribution in [0.5, 0.6) is 0 Å². The molecule has 0 aromatic carbocycles. The Morgan fingerprint density at radius 2 is 2.44 bits per heavy atom. The molecule has 0 saturated carbocycles. The molecule has 1 saturated heterocycles. The van der Waals surface area contributed by atoms with Gasteiger partial charge in [0.05, 0.1) is 5.69 Å². The molecule has 0 bridgehead atoms. The first-order valence-electron chi connectivity index (χ1n) is 5.87. The van der Waals surface area contributed by atoms with E-state index >= 15 is 0 Å². The molecule has 96 valence electrons. The van der Waals surface area contributed by atoms with Gasteiger partial charge in [-0.05, 0) is 25.0 Å². The predicted molar refractivity (Wildman–Crippen MR) is 74.6 cm³/mol. The Labute approximate surface area is 111 Å². The Kier molecular flexibility index (Phi) is 3.76. The van der Waals surface area contributed by atoms with E-state index in [9.17, 15) is 4.79 Å². The normalized spacial score (nSPS) is 18.7. The molecule has 6 heteroatoms. The molecule has 1 aliphatic heterocycles. The summed E-state index contributed by atoms with van der Waals surface area (Å²) in [7, 11) is 1.66. The van der Waals surface area contributed by atoms with Crippen molar-refractivity contribution in [2.75, 3.05) is 18.5 Å². The molecule has 0 aliphatic carbocycles. The van der Waals surface area contributed by atoms with Crippen LogP contribution in [0.3, 0.4) is 0 Å². The minimum atomic E-state index is -0.114. The maximum Gasteiger partial charge on any atom is 0.242 e. The number of carbonyl (C=O) groups excluding carboxylic acids is 1. The number of likely N-dealkylation sites (N-methyl/N-ethyl adjacent to an activating group) is 1. The van der Waals surface area contributed by atoms with E-state index in [0.717, 1.165) is 25.1 Å². The molecule has 1 fully saturated rings. The lowest BCUT2D eigenvalue weighted by atomic mass is 10.2. The van der Waals surface area contributed by atoms with Crippen LogP contribution in [0.15, 0.2) is 18.3 Å². The van der Waals surface area contributed by atoms with E-state index in [-0.39, 0.29) is 16.9 Å². The molecule has 5 nitrogen and oxygen atoms in total. The van der Waals surface area contributed by atoms with Crippen LogP contribution < -0.4 is 16.0 Å². The zero-order valence-electron chi connectivity index (χ0n) is 10.2. The van der Waals surface area contributed by atoms with E-state index in [4.69, 9.17) is 18.0 Å². The maximum absolute atomic E-state index is 11.8. The van der Waals surface area contributed by atoms with E-state index in [1.54, 1.807) is 13.2 Å². The fraction of sp³-hybridized carbons (Fsp3) is 0.417. The van der Waals surface area contributed by atoms with E-state index < -0.39 is 0 Å². The van der Waals surface area contributed by atoms with Crippen molar-refractivity contribution in [3.05, 3.63) is 24.0 Å². The first-order valence-corrected chi connectivity index (χ1v) is 6.28. The number of hydrogen-bond donors (Lipinski definition) is 2. The average molecular weight is 264 g/mol. The molecule has 3 N–H and O–H groups in total. The van der Waals surface area contributed by atoms with Gasteiger partial charge >= 0.3 is 0 Å². The van der Waals surface area contributed by atoms with Crippen molar-refractivity contribution in [3.8, 4) is 0 Å². The van der Waals surface area contributed by atoms with Crippen LogP contribution in [0.2, 0.25) is 0 Å². The van der Waals surface area contributed by atoms with Crippen LogP contribution in [0.4, 0.5) is 5.69 Å². The number of rotatable bonds is 3. The summed E-state index contributed by atoms with van der Waals surface area (Å²) in [4.78, 5) is 18.2. The van der Waals surface area contributed by atoms with E-state index in [2.05, 4.69) is 15.2 Å². The number of aromatic nitrogens is 1. The standard InChI is InChI=1S/C12H16N4OS/c1-14-12(17)10-3-2-6-16(10)8-4-5-15-9(7-8)11(13)18/h4-5,7,10H,2-3,6H2,1H3,(H2,13,18)(H,14,17). The highest BCUT2D eigenvalue weighted by Crippen LogP contribution is 2.25. The summed E-state index contributed by atoms with van der Waals surface area (Å²) in [5.41, 5.74) is 7.10. The summed E-state index contributed by atoms with van der Waals surface area (Å²) in [6.07, 6.45) is 3.54.